The number of unbranched alkanes of at least 4 members (excludes halogenated alkanes) is 3. The van der Waals surface area contributed by atoms with E-state index < -0.39 is 0 Å². The summed E-state index contributed by atoms with van der Waals surface area (Å²) >= 11 is 0. The second kappa shape index (κ2) is 9.27. The van der Waals surface area contributed by atoms with Gasteiger partial charge in [-0.2, -0.15) is 0 Å². The molecule has 0 heterocycles. The summed E-state index contributed by atoms with van der Waals surface area (Å²) in [5, 5.41) is 0. The Morgan fingerprint density at radius 3 is 2.62 bits per heavy atom. The zero-order valence-electron chi connectivity index (χ0n) is 13.4. The van der Waals surface area contributed by atoms with Crippen LogP contribution in [0.5, 0.6) is 5.75 Å². The van der Waals surface area contributed by atoms with Gasteiger partial charge in [0, 0.05) is 11.8 Å². The lowest BCUT2D eigenvalue weighted by atomic mass is 10.1. The number of anilines is 1. The van der Waals surface area contributed by atoms with E-state index in [9.17, 15) is 4.79 Å². The molecule has 1 unspecified atom stereocenters. The second-order valence-electron chi connectivity index (χ2n) is 5.29. The van der Waals surface area contributed by atoms with Gasteiger partial charge in [0.05, 0.1) is 18.3 Å². The van der Waals surface area contributed by atoms with Crippen LogP contribution in [0.25, 0.3) is 0 Å². The Bertz CT molecular complexity index is 446. The molecule has 0 aliphatic rings. The molecule has 1 aromatic carbocycles. The van der Waals surface area contributed by atoms with E-state index in [1.54, 1.807) is 18.2 Å². The summed E-state index contributed by atoms with van der Waals surface area (Å²) in [6.07, 6.45) is 5.53. The summed E-state index contributed by atoms with van der Waals surface area (Å²) in [6.45, 7) is 6.53. The lowest BCUT2D eigenvalue weighted by Crippen LogP contribution is -2.15. The zero-order valence-corrected chi connectivity index (χ0v) is 13.4. The van der Waals surface area contributed by atoms with Crippen LogP contribution in [0.15, 0.2) is 18.2 Å². The average Bonchev–Trinajstić information content (AvgIpc) is 2.43. The molecule has 1 aromatic rings. The van der Waals surface area contributed by atoms with Crippen LogP contribution in [0.1, 0.15) is 63.2 Å². The van der Waals surface area contributed by atoms with Crippen molar-refractivity contribution in [2.45, 2.75) is 59.0 Å². The highest BCUT2D eigenvalue weighted by Gasteiger charge is 2.13. The van der Waals surface area contributed by atoms with E-state index in [1.807, 2.05) is 13.8 Å². The summed E-state index contributed by atoms with van der Waals surface area (Å²) in [5.41, 5.74) is 6.73. The Balaban J connectivity index is 2.54. The molecule has 118 valence electrons. The SMILES string of the molecule is CCCCCCC(C)OC(=O)c1cc(N)cc(OCC)c1. The largest absolute Gasteiger partial charge is 0.494 e. The van der Waals surface area contributed by atoms with Crippen molar-refractivity contribution in [1.82, 2.24) is 0 Å². The van der Waals surface area contributed by atoms with E-state index >= 15 is 0 Å². The van der Waals surface area contributed by atoms with Gasteiger partial charge < -0.3 is 15.2 Å². The number of nitrogen functional groups attached to an aromatic ring is 1. The Morgan fingerprint density at radius 2 is 1.95 bits per heavy atom. The minimum Gasteiger partial charge on any atom is -0.494 e. The van der Waals surface area contributed by atoms with Crippen LogP contribution in [-0.2, 0) is 4.74 Å². The molecule has 0 bridgehead atoms. The summed E-state index contributed by atoms with van der Waals surface area (Å²) in [6, 6.07) is 5.00. The van der Waals surface area contributed by atoms with Gasteiger partial charge in [-0.3, -0.25) is 0 Å². The van der Waals surface area contributed by atoms with E-state index in [0.717, 1.165) is 12.8 Å². The van der Waals surface area contributed by atoms with Crippen molar-refractivity contribution in [1.29, 1.82) is 0 Å². The topological polar surface area (TPSA) is 61.5 Å². The number of ether oxygens (including phenoxy) is 2. The first kappa shape index (κ1) is 17.3. The van der Waals surface area contributed by atoms with Gasteiger partial charge in [0.25, 0.3) is 0 Å². The van der Waals surface area contributed by atoms with Crippen LogP contribution in [0.3, 0.4) is 0 Å². The normalized spacial score (nSPS) is 12.0. The van der Waals surface area contributed by atoms with Gasteiger partial charge in [0.2, 0.25) is 0 Å². The number of carbonyl (C=O) groups excluding carboxylic acids is 1. The van der Waals surface area contributed by atoms with Crippen LogP contribution in [0.2, 0.25) is 0 Å². The third-order valence-corrected chi connectivity index (χ3v) is 3.25. The minimum absolute atomic E-state index is 0.0775. The van der Waals surface area contributed by atoms with Crippen molar-refractivity contribution >= 4 is 11.7 Å². The Kier molecular flexibility index (Phi) is 7.65. The standard InChI is InChI=1S/C17H27NO3/c1-4-6-7-8-9-13(3)21-17(19)14-10-15(18)12-16(11-14)20-5-2/h10-13H,4-9,18H2,1-3H3. The number of carbonyl (C=O) groups is 1. The van der Waals surface area contributed by atoms with Crippen molar-refractivity contribution < 1.29 is 14.3 Å². The molecule has 0 aliphatic heterocycles. The van der Waals surface area contributed by atoms with Crippen molar-refractivity contribution in [3.63, 3.8) is 0 Å². The van der Waals surface area contributed by atoms with Crippen molar-refractivity contribution in [2.75, 3.05) is 12.3 Å². The van der Waals surface area contributed by atoms with Crippen molar-refractivity contribution in [3.05, 3.63) is 23.8 Å². The third-order valence-electron chi connectivity index (χ3n) is 3.25. The van der Waals surface area contributed by atoms with Gasteiger partial charge in [0.15, 0.2) is 0 Å². The minimum atomic E-state index is -0.341. The number of esters is 1. The van der Waals surface area contributed by atoms with Crippen LogP contribution in [0, 0.1) is 0 Å². The highest BCUT2D eigenvalue weighted by Crippen LogP contribution is 2.20. The summed E-state index contributed by atoms with van der Waals surface area (Å²) in [4.78, 5) is 12.1. The predicted molar refractivity (Wildman–Crippen MR) is 85.7 cm³/mol. The quantitative estimate of drug-likeness (QED) is 0.421. The van der Waals surface area contributed by atoms with E-state index in [2.05, 4.69) is 6.92 Å². The average molecular weight is 293 g/mol. The van der Waals surface area contributed by atoms with E-state index in [1.165, 1.54) is 19.3 Å². The molecule has 4 nitrogen and oxygen atoms in total. The molecule has 0 spiro atoms. The number of hydrogen-bond acceptors (Lipinski definition) is 4. The fraction of sp³-hybridized carbons (Fsp3) is 0.588. The van der Waals surface area contributed by atoms with Gasteiger partial charge in [-0.05, 0) is 38.8 Å². The molecule has 0 saturated heterocycles. The summed E-state index contributed by atoms with van der Waals surface area (Å²) in [5.74, 6) is 0.256. The second-order valence-corrected chi connectivity index (χ2v) is 5.29. The van der Waals surface area contributed by atoms with Crippen molar-refractivity contribution in [3.8, 4) is 5.75 Å². The fourth-order valence-corrected chi connectivity index (χ4v) is 2.16. The van der Waals surface area contributed by atoms with Gasteiger partial charge in [0.1, 0.15) is 5.75 Å². The number of hydrogen-bond donors (Lipinski definition) is 1. The van der Waals surface area contributed by atoms with Gasteiger partial charge in [-0.15, -0.1) is 0 Å². The first-order valence-electron chi connectivity index (χ1n) is 7.81. The van der Waals surface area contributed by atoms with Gasteiger partial charge >= 0.3 is 5.97 Å². The first-order chi connectivity index (χ1) is 10.1. The molecule has 1 atom stereocenters. The lowest BCUT2D eigenvalue weighted by molar-refractivity contribution is 0.0319. The van der Waals surface area contributed by atoms with E-state index in [-0.39, 0.29) is 12.1 Å². The smallest absolute Gasteiger partial charge is 0.338 e. The molecule has 0 radical (unpaired) electrons. The number of nitrogens with two attached hydrogens (primary N) is 1. The Morgan fingerprint density at radius 1 is 1.19 bits per heavy atom. The lowest BCUT2D eigenvalue weighted by Gasteiger charge is -2.14. The third kappa shape index (κ3) is 6.52. The molecule has 2 N–H and O–H groups in total. The molecule has 1 rings (SSSR count). The maximum absolute atomic E-state index is 12.1. The number of benzene rings is 1. The molecular weight excluding hydrogens is 266 g/mol. The Hall–Kier alpha value is -1.71. The molecule has 0 amide bonds. The maximum atomic E-state index is 12.1. The zero-order chi connectivity index (χ0) is 15.7. The fourth-order valence-electron chi connectivity index (χ4n) is 2.16. The maximum Gasteiger partial charge on any atom is 0.338 e. The molecule has 4 heteroatoms. The van der Waals surface area contributed by atoms with Gasteiger partial charge in [-0.1, -0.05) is 26.2 Å². The van der Waals surface area contributed by atoms with E-state index in [0.29, 0.717) is 23.6 Å². The van der Waals surface area contributed by atoms with Gasteiger partial charge in [-0.25, -0.2) is 4.79 Å². The molecule has 0 fully saturated rings. The first-order valence-corrected chi connectivity index (χ1v) is 7.81. The predicted octanol–water partition coefficient (Wildman–Crippen LogP) is 4.18. The molecule has 0 saturated carbocycles. The van der Waals surface area contributed by atoms with Crippen molar-refractivity contribution in [2.24, 2.45) is 0 Å². The molecule has 0 aromatic heterocycles. The summed E-state index contributed by atoms with van der Waals surface area (Å²) < 4.78 is 10.8. The van der Waals surface area contributed by atoms with Crippen LogP contribution in [0.4, 0.5) is 5.69 Å². The molecular formula is C17H27NO3. The highest BCUT2D eigenvalue weighted by atomic mass is 16.5. The Labute approximate surface area is 127 Å². The molecule has 0 aliphatic carbocycles. The van der Waals surface area contributed by atoms with Crippen LogP contribution >= 0.6 is 0 Å². The monoisotopic (exact) mass is 293 g/mol. The summed E-state index contributed by atoms with van der Waals surface area (Å²) in [7, 11) is 0. The number of rotatable bonds is 9. The highest BCUT2D eigenvalue weighted by molar-refractivity contribution is 5.91. The van der Waals surface area contributed by atoms with E-state index in [4.69, 9.17) is 15.2 Å². The molecule has 21 heavy (non-hydrogen) atoms. The van der Waals surface area contributed by atoms with Crippen LogP contribution < -0.4 is 10.5 Å². The van der Waals surface area contributed by atoms with Crippen LogP contribution in [-0.4, -0.2) is 18.7 Å².